The molecule has 0 saturated heterocycles. The van der Waals surface area contributed by atoms with Gasteiger partial charge in [-0.05, 0) is 48.9 Å². The highest BCUT2D eigenvalue weighted by Crippen LogP contribution is 2.24. The molecule has 0 aliphatic carbocycles. The van der Waals surface area contributed by atoms with Crippen molar-refractivity contribution in [2.24, 2.45) is 5.73 Å². The van der Waals surface area contributed by atoms with E-state index in [1.165, 1.54) is 0 Å². The van der Waals surface area contributed by atoms with E-state index in [2.05, 4.69) is 15.5 Å². The lowest BCUT2D eigenvalue weighted by molar-refractivity contribution is 0.0280. The molecule has 0 radical (unpaired) electrons. The first kappa shape index (κ1) is 19.9. The Bertz CT molecular complexity index is 983. The first-order chi connectivity index (χ1) is 14.0. The van der Waals surface area contributed by atoms with Crippen LogP contribution in [0.15, 0.2) is 52.9 Å². The quantitative estimate of drug-likeness (QED) is 0.587. The summed E-state index contributed by atoms with van der Waals surface area (Å²) in [6.07, 6.45) is -0.724. The highest BCUT2D eigenvalue weighted by Gasteiger charge is 2.20. The van der Waals surface area contributed by atoms with Gasteiger partial charge in [-0.1, -0.05) is 12.1 Å². The number of methoxy groups -OCH3 is 1. The molecular formula is C20H20N4O5. The Hall–Kier alpha value is -3.88. The van der Waals surface area contributed by atoms with Crippen molar-refractivity contribution in [3.8, 4) is 17.2 Å². The number of hydrogen-bond donors (Lipinski definition) is 2. The predicted octanol–water partition coefficient (Wildman–Crippen LogP) is 2.83. The summed E-state index contributed by atoms with van der Waals surface area (Å²) in [5, 5.41) is 10.4. The summed E-state index contributed by atoms with van der Waals surface area (Å²) in [4.78, 5) is 23.1. The van der Waals surface area contributed by atoms with Gasteiger partial charge in [0.15, 0.2) is 6.10 Å². The Balaban J connectivity index is 1.62. The Morgan fingerprint density at radius 3 is 2.41 bits per heavy atom. The SMILES string of the molecule is COc1ccc(-c2nnc(C(C)OC(=O)c3ccc(CNC(N)=O)cc3)o2)cc1. The van der Waals surface area contributed by atoms with Crippen LogP contribution in [-0.4, -0.2) is 29.3 Å². The van der Waals surface area contributed by atoms with Gasteiger partial charge in [-0.2, -0.15) is 0 Å². The molecule has 29 heavy (non-hydrogen) atoms. The number of rotatable bonds is 7. The van der Waals surface area contributed by atoms with E-state index in [1.807, 2.05) is 0 Å². The Morgan fingerprint density at radius 1 is 1.10 bits per heavy atom. The van der Waals surface area contributed by atoms with Gasteiger partial charge in [0, 0.05) is 12.1 Å². The van der Waals surface area contributed by atoms with Crippen LogP contribution in [0.3, 0.4) is 0 Å². The van der Waals surface area contributed by atoms with Crippen molar-refractivity contribution < 1.29 is 23.5 Å². The second-order valence-corrected chi connectivity index (χ2v) is 6.14. The van der Waals surface area contributed by atoms with Crippen LogP contribution in [0.1, 0.15) is 34.8 Å². The van der Waals surface area contributed by atoms with Crippen LogP contribution in [0.2, 0.25) is 0 Å². The molecule has 1 unspecified atom stereocenters. The summed E-state index contributed by atoms with van der Waals surface area (Å²) in [5.74, 6) is 0.687. The number of nitrogens with zero attached hydrogens (tertiary/aromatic N) is 2. The van der Waals surface area contributed by atoms with Crippen molar-refractivity contribution in [1.82, 2.24) is 15.5 Å². The van der Waals surface area contributed by atoms with Gasteiger partial charge in [-0.25, -0.2) is 9.59 Å². The van der Waals surface area contributed by atoms with Gasteiger partial charge in [-0.15, -0.1) is 10.2 Å². The average molecular weight is 396 g/mol. The molecule has 0 bridgehead atoms. The second-order valence-electron chi connectivity index (χ2n) is 6.14. The van der Waals surface area contributed by atoms with Gasteiger partial charge in [-0.3, -0.25) is 0 Å². The molecule has 0 aliphatic rings. The van der Waals surface area contributed by atoms with E-state index in [1.54, 1.807) is 62.6 Å². The number of carbonyl (C=O) groups is 2. The second kappa shape index (κ2) is 8.87. The van der Waals surface area contributed by atoms with Crippen molar-refractivity contribution >= 4 is 12.0 Å². The third-order valence-corrected chi connectivity index (χ3v) is 4.07. The number of carbonyl (C=O) groups excluding carboxylic acids is 2. The molecule has 2 amide bonds. The van der Waals surface area contributed by atoms with Crippen LogP contribution in [0.5, 0.6) is 5.75 Å². The maximum Gasteiger partial charge on any atom is 0.338 e. The van der Waals surface area contributed by atoms with Gasteiger partial charge < -0.3 is 24.9 Å². The smallest absolute Gasteiger partial charge is 0.338 e. The number of amides is 2. The molecule has 3 rings (SSSR count). The molecule has 3 N–H and O–H groups in total. The minimum absolute atomic E-state index is 0.187. The molecular weight excluding hydrogens is 376 g/mol. The van der Waals surface area contributed by atoms with Gasteiger partial charge in [0.05, 0.1) is 12.7 Å². The third-order valence-electron chi connectivity index (χ3n) is 4.07. The van der Waals surface area contributed by atoms with E-state index in [0.717, 1.165) is 11.1 Å². The summed E-state index contributed by atoms with van der Waals surface area (Å²) in [7, 11) is 1.58. The first-order valence-corrected chi connectivity index (χ1v) is 8.77. The van der Waals surface area contributed by atoms with E-state index in [4.69, 9.17) is 19.6 Å². The number of nitrogens with two attached hydrogens (primary N) is 1. The molecule has 1 heterocycles. The van der Waals surface area contributed by atoms with Crippen molar-refractivity contribution in [1.29, 1.82) is 0 Å². The third kappa shape index (κ3) is 5.10. The monoisotopic (exact) mass is 396 g/mol. The lowest BCUT2D eigenvalue weighted by Crippen LogP contribution is -2.28. The van der Waals surface area contributed by atoms with Crippen LogP contribution >= 0.6 is 0 Å². The fraction of sp³-hybridized carbons (Fsp3) is 0.200. The molecule has 150 valence electrons. The van der Waals surface area contributed by atoms with Crippen molar-refractivity contribution in [3.63, 3.8) is 0 Å². The summed E-state index contributed by atoms with van der Waals surface area (Å²) >= 11 is 0. The molecule has 1 aromatic heterocycles. The number of ether oxygens (including phenoxy) is 2. The normalized spacial score (nSPS) is 11.5. The molecule has 0 fully saturated rings. The molecule has 9 nitrogen and oxygen atoms in total. The molecule has 3 aromatic rings. The fourth-order valence-corrected chi connectivity index (χ4v) is 2.48. The summed E-state index contributed by atoms with van der Waals surface area (Å²) in [6.45, 7) is 1.92. The van der Waals surface area contributed by atoms with Crippen molar-refractivity contribution in [2.45, 2.75) is 19.6 Å². The zero-order chi connectivity index (χ0) is 20.8. The van der Waals surface area contributed by atoms with Gasteiger partial charge in [0.1, 0.15) is 5.75 Å². The summed E-state index contributed by atoms with van der Waals surface area (Å²) < 4.78 is 16.1. The highest BCUT2D eigenvalue weighted by molar-refractivity contribution is 5.89. The zero-order valence-corrected chi connectivity index (χ0v) is 15.9. The first-order valence-electron chi connectivity index (χ1n) is 8.77. The van der Waals surface area contributed by atoms with E-state index in [0.29, 0.717) is 17.2 Å². The number of nitrogens with one attached hydrogen (secondary N) is 1. The minimum Gasteiger partial charge on any atom is -0.497 e. The maximum absolute atomic E-state index is 12.3. The van der Waals surface area contributed by atoms with Crippen LogP contribution in [0, 0.1) is 0 Å². The van der Waals surface area contributed by atoms with Gasteiger partial charge in [0.2, 0.25) is 5.89 Å². The van der Waals surface area contributed by atoms with E-state index in [-0.39, 0.29) is 12.4 Å². The van der Waals surface area contributed by atoms with Crippen molar-refractivity contribution in [2.75, 3.05) is 7.11 Å². The topological polar surface area (TPSA) is 130 Å². The minimum atomic E-state index is -0.724. The Morgan fingerprint density at radius 2 is 1.79 bits per heavy atom. The van der Waals surface area contributed by atoms with Crippen LogP contribution in [0.25, 0.3) is 11.5 Å². The van der Waals surface area contributed by atoms with E-state index < -0.39 is 18.1 Å². The molecule has 0 saturated carbocycles. The number of benzene rings is 2. The number of aromatic nitrogens is 2. The molecule has 9 heteroatoms. The summed E-state index contributed by atoms with van der Waals surface area (Å²) in [5.41, 5.74) is 6.91. The molecule has 0 spiro atoms. The predicted molar refractivity (Wildman–Crippen MR) is 103 cm³/mol. The Labute approximate surface area is 166 Å². The number of esters is 1. The maximum atomic E-state index is 12.3. The summed E-state index contributed by atoms with van der Waals surface area (Å²) in [6, 6.07) is 13.1. The lowest BCUT2D eigenvalue weighted by atomic mass is 10.1. The fourth-order valence-electron chi connectivity index (χ4n) is 2.48. The standard InChI is InChI=1S/C20H20N4O5/c1-12(17-23-24-18(29-17)14-7-9-16(27-2)10-8-14)28-19(25)15-5-3-13(4-6-15)11-22-20(21)26/h3-10,12H,11H2,1-2H3,(H3,21,22,26). The van der Waals surface area contributed by atoms with Crippen molar-refractivity contribution in [3.05, 3.63) is 65.5 Å². The molecule has 0 aliphatic heterocycles. The van der Waals surface area contributed by atoms with E-state index in [9.17, 15) is 9.59 Å². The zero-order valence-electron chi connectivity index (χ0n) is 15.9. The van der Waals surface area contributed by atoms with Crippen LogP contribution in [0.4, 0.5) is 4.79 Å². The highest BCUT2D eigenvalue weighted by atomic mass is 16.6. The lowest BCUT2D eigenvalue weighted by Gasteiger charge is -2.10. The largest absolute Gasteiger partial charge is 0.497 e. The average Bonchev–Trinajstić information content (AvgIpc) is 3.23. The van der Waals surface area contributed by atoms with E-state index >= 15 is 0 Å². The molecule has 1 atom stereocenters. The number of primary amides is 1. The Kier molecular flexibility index (Phi) is 6.08. The number of hydrogen-bond acceptors (Lipinski definition) is 7. The van der Waals surface area contributed by atoms with Gasteiger partial charge >= 0.3 is 12.0 Å². The molecule has 2 aromatic carbocycles. The van der Waals surface area contributed by atoms with Crippen LogP contribution < -0.4 is 15.8 Å². The number of urea groups is 1. The van der Waals surface area contributed by atoms with Gasteiger partial charge in [0.25, 0.3) is 5.89 Å². The van der Waals surface area contributed by atoms with Crippen LogP contribution in [-0.2, 0) is 11.3 Å².